The normalized spacial score (nSPS) is 14.7. The van der Waals surface area contributed by atoms with Crippen molar-refractivity contribution in [2.75, 3.05) is 7.11 Å². The molecule has 174 valence electrons. The van der Waals surface area contributed by atoms with E-state index in [1.54, 1.807) is 42.5 Å². The van der Waals surface area contributed by atoms with Gasteiger partial charge in [-0.15, -0.1) is 0 Å². The highest BCUT2D eigenvalue weighted by Crippen LogP contribution is 2.39. The first-order valence-corrected chi connectivity index (χ1v) is 11.7. The summed E-state index contributed by atoms with van der Waals surface area (Å²) >= 11 is 13.1. The minimum absolute atomic E-state index is 0.143. The van der Waals surface area contributed by atoms with Crippen LogP contribution in [0.4, 0.5) is 9.18 Å². The van der Waals surface area contributed by atoms with Crippen LogP contribution in [0.1, 0.15) is 16.7 Å². The number of imide groups is 1. The van der Waals surface area contributed by atoms with E-state index >= 15 is 0 Å². The molecule has 5 nitrogen and oxygen atoms in total. The summed E-state index contributed by atoms with van der Waals surface area (Å²) in [6, 6.07) is 16.5. The van der Waals surface area contributed by atoms with E-state index in [2.05, 4.69) is 0 Å². The van der Waals surface area contributed by atoms with Gasteiger partial charge in [0.1, 0.15) is 12.4 Å². The molecule has 0 bridgehead atoms. The molecule has 1 saturated heterocycles. The van der Waals surface area contributed by atoms with Crippen LogP contribution in [0.15, 0.2) is 65.6 Å². The predicted octanol–water partition coefficient (Wildman–Crippen LogP) is 6.96. The van der Waals surface area contributed by atoms with Crippen molar-refractivity contribution < 1.29 is 23.5 Å². The van der Waals surface area contributed by atoms with Gasteiger partial charge in [0, 0.05) is 10.6 Å². The number of amides is 2. The summed E-state index contributed by atoms with van der Waals surface area (Å²) in [6.07, 6.45) is 1.55. The smallest absolute Gasteiger partial charge is 0.293 e. The number of benzene rings is 3. The zero-order valence-corrected chi connectivity index (χ0v) is 20.2. The molecule has 1 fully saturated rings. The second kappa shape index (κ2) is 10.5. The van der Waals surface area contributed by atoms with Gasteiger partial charge in [-0.2, -0.15) is 0 Å². The highest BCUT2D eigenvalue weighted by atomic mass is 35.5. The number of carbonyl (C=O) groups excluding carboxylic acids is 2. The van der Waals surface area contributed by atoms with Crippen molar-refractivity contribution >= 4 is 52.2 Å². The lowest BCUT2D eigenvalue weighted by molar-refractivity contribution is -0.123. The summed E-state index contributed by atoms with van der Waals surface area (Å²) in [6.45, 7) is 0.109. The SMILES string of the molecule is COc1cc(/C=C2\SC(=O)N(Cc3ccccc3F)C2=O)cc(Cl)c1OCc1ccc(Cl)cc1. The third-order valence-electron chi connectivity index (χ3n) is 5.01. The molecule has 0 unspecified atom stereocenters. The fraction of sp³-hybridized carbons (Fsp3) is 0.120. The van der Waals surface area contributed by atoms with Crippen LogP contribution < -0.4 is 9.47 Å². The lowest BCUT2D eigenvalue weighted by Crippen LogP contribution is -2.27. The minimum Gasteiger partial charge on any atom is -0.493 e. The standard InChI is InChI=1S/C25H18Cl2FNO4S/c1-32-21-11-16(10-19(27)23(21)33-14-15-6-8-18(26)9-7-15)12-22-24(30)29(25(31)34-22)13-17-4-2-3-5-20(17)28/h2-12H,13-14H2,1H3/b22-12-. The first kappa shape index (κ1) is 24.1. The van der Waals surface area contributed by atoms with Crippen LogP contribution in [-0.2, 0) is 17.9 Å². The highest BCUT2D eigenvalue weighted by Gasteiger charge is 2.35. The molecule has 0 spiro atoms. The van der Waals surface area contributed by atoms with Crippen LogP contribution in [0.25, 0.3) is 6.08 Å². The van der Waals surface area contributed by atoms with Crippen molar-refractivity contribution in [1.82, 2.24) is 4.90 Å². The van der Waals surface area contributed by atoms with E-state index in [1.807, 2.05) is 12.1 Å². The van der Waals surface area contributed by atoms with Crippen molar-refractivity contribution in [3.63, 3.8) is 0 Å². The van der Waals surface area contributed by atoms with Gasteiger partial charge in [0.05, 0.1) is 23.6 Å². The van der Waals surface area contributed by atoms with Crippen molar-refractivity contribution in [3.05, 3.63) is 98.1 Å². The lowest BCUT2D eigenvalue weighted by Gasteiger charge is -2.14. The van der Waals surface area contributed by atoms with Crippen LogP contribution in [0, 0.1) is 5.82 Å². The van der Waals surface area contributed by atoms with Crippen molar-refractivity contribution in [3.8, 4) is 11.5 Å². The topological polar surface area (TPSA) is 55.8 Å². The summed E-state index contributed by atoms with van der Waals surface area (Å²) in [5.74, 6) is -0.255. The van der Waals surface area contributed by atoms with E-state index in [9.17, 15) is 14.0 Å². The maximum Gasteiger partial charge on any atom is 0.293 e. The van der Waals surface area contributed by atoms with Crippen LogP contribution in [0.5, 0.6) is 11.5 Å². The first-order chi connectivity index (χ1) is 16.4. The van der Waals surface area contributed by atoms with Gasteiger partial charge < -0.3 is 9.47 Å². The van der Waals surface area contributed by atoms with E-state index in [0.29, 0.717) is 22.1 Å². The first-order valence-electron chi connectivity index (χ1n) is 10.1. The molecule has 2 amide bonds. The maximum atomic E-state index is 14.0. The molecule has 0 radical (unpaired) electrons. The molecule has 1 aliphatic rings. The minimum atomic E-state index is -0.503. The van der Waals surface area contributed by atoms with Gasteiger partial charge in [-0.1, -0.05) is 53.5 Å². The zero-order chi connectivity index (χ0) is 24.2. The zero-order valence-electron chi connectivity index (χ0n) is 17.9. The van der Waals surface area contributed by atoms with Gasteiger partial charge in [-0.05, 0) is 59.3 Å². The third kappa shape index (κ3) is 5.38. The molecule has 1 heterocycles. The Hall–Kier alpha value is -3.00. The summed E-state index contributed by atoms with van der Waals surface area (Å²) in [5.41, 5.74) is 1.71. The fourth-order valence-corrected chi connectivity index (χ4v) is 4.52. The second-order valence-corrected chi connectivity index (χ2v) is 9.15. The Morgan fingerprint density at radius 2 is 1.79 bits per heavy atom. The molecule has 0 aliphatic carbocycles. The van der Waals surface area contributed by atoms with Crippen LogP contribution >= 0.6 is 35.0 Å². The number of hydrogen-bond acceptors (Lipinski definition) is 5. The lowest BCUT2D eigenvalue weighted by atomic mass is 10.1. The predicted molar refractivity (Wildman–Crippen MR) is 132 cm³/mol. The number of rotatable bonds is 7. The van der Waals surface area contributed by atoms with E-state index in [1.165, 1.54) is 19.2 Å². The number of nitrogens with zero attached hydrogens (tertiary/aromatic N) is 1. The molecule has 0 saturated carbocycles. The molecular weight excluding hydrogens is 500 g/mol. The Bertz CT molecular complexity index is 1280. The summed E-state index contributed by atoms with van der Waals surface area (Å²) in [5, 5.41) is 0.438. The molecule has 34 heavy (non-hydrogen) atoms. The maximum absolute atomic E-state index is 14.0. The number of carbonyl (C=O) groups is 2. The van der Waals surface area contributed by atoms with Gasteiger partial charge in [-0.25, -0.2) is 4.39 Å². The largest absolute Gasteiger partial charge is 0.493 e. The highest BCUT2D eigenvalue weighted by molar-refractivity contribution is 8.18. The van der Waals surface area contributed by atoms with Crippen molar-refractivity contribution in [2.45, 2.75) is 13.2 Å². The molecule has 0 N–H and O–H groups in total. The molecule has 0 atom stereocenters. The molecule has 3 aromatic rings. The Labute approximate surface area is 210 Å². The van der Waals surface area contributed by atoms with E-state index in [0.717, 1.165) is 22.2 Å². The van der Waals surface area contributed by atoms with Gasteiger partial charge in [0.25, 0.3) is 11.1 Å². The molecule has 4 rings (SSSR count). The molecule has 3 aromatic carbocycles. The van der Waals surface area contributed by atoms with Crippen molar-refractivity contribution in [1.29, 1.82) is 0 Å². The Morgan fingerprint density at radius 3 is 2.50 bits per heavy atom. The summed E-state index contributed by atoms with van der Waals surface area (Å²) < 4.78 is 25.3. The number of ether oxygens (including phenoxy) is 2. The second-order valence-electron chi connectivity index (χ2n) is 7.31. The third-order valence-corrected chi connectivity index (χ3v) is 6.45. The van der Waals surface area contributed by atoms with E-state index < -0.39 is 17.0 Å². The van der Waals surface area contributed by atoms with Crippen molar-refractivity contribution in [2.24, 2.45) is 0 Å². The number of methoxy groups -OCH3 is 1. The molecule has 0 aromatic heterocycles. The quantitative estimate of drug-likeness (QED) is 0.317. The summed E-state index contributed by atoms with van der Waals surface area (Å²) in [4.78, 5) is 26.4. The monoisotopic (exact) mass is 517 g/mol. The van der Waals surface area contributed by atoms with E-state index in [4.69, 9.17) is 32.7 Å². The molecule has 9 heteroatoms. The average molecular weight is 518 g/mol. The number of hydrogen-bond donors (Lipinski definition) is 0. The van der Waals surface area contributed by atoms with Crippen LogP contribution in [0.3, 0.4) is 0 Å². The Kier molecular flexibility index (Phi) is 7.46. The van der Waals surface area contributed by atoms with Gasteiger partial charge >= 0.3 is 0 Å². The van der Waals surface area contributed by atoms with Gasteiger partial charge in [0.15, 0.2) is 11.5 Å². The Morgan fingerprint density at radius 1 is 1.06 bits per heavy atom. The van der Waals surface area contributed by atoms with Crippen LogP contribution in [-0.4, -0.2) is 23.2 Å². The average Bonchev–Trinajstić information content (AvgIpc) is 3.07. The number of halogens is 3. The fourth-order valence-electron chi connectivity index (χ4n) is 3.28. The number of thioether (sulfide) groups is 1. The van der Waals surface area contributed by atoms with Crippen LogP contribution in [0.2, 0.25) is 10.0 Å². The van der Waals surface area contributed by atoms with Gasteiger partial charge in [0.2, 0.25) is 0 Å². The van der Waals surface area contributed by atoms with E-state index in [-0.39, 0.29) is 28.6 Å². The molecular formula is C25H18Cl2FNO4S. The summed E-state index contributed by atoms with van der Waals surface area (Å²) in [7, 11) is 1.48. The molecule has 1 aliphatic heterocycles. The van der Waals surface area contributed by atoms with Gasteiger partial charge in [-0.3, -0.25) is 14.5 Å². The Balaban J connectivity index is 1.53.